The van der Waals surface area contributed by atoms with Gasteiger partial charge in [-0.05, 0) is 19.4 Å². The fourth-order valence-corrected chi connectivity index (χ4v) is 1.78. The Morgan fingerprint density at radius 3 is 2.61 bits per heavy atom. The van der Waals surface area contributed by atoms with Crippen LogP contribution >= 0.6 is 0 Å². The van der Waals surface area contributed by atoms with Crippen LogP contribution < -0.4 is 11.1 Å². The first kappa shape index (κ1) is 16.7. The fourth-order valence-electron chi connectivity index (χ4n) is 1.78. The van der Waals surface area contributed by atoms with Crippen molar-refractivity contribution in [3.63, 3.8) is 0 Å². The topological polar surface area (TPSA) is 107 Å². The Hall–Kier alpha value is -2.67. The number of benzene rings is 1. The van der Waals surface area contributed by atoms with E-state index in [4.69, 9.17) is 14.9 Å². The van der Waals surface area contributed by atoms with Crippen molar-refractivity contribution >= 4 is 11.9 Å². The van der Waals surface area contributed by atoms with Gasteiger partial charge in [0.2, 0.25) is 5.89 Å². The molecule has 2 rings (SSSR count). The maximum atomic E-state index is 12.0. The van der Waals surface area contributed by atoms with Crippen LogP contribution in [-0.4, -0.2) is 22.9 Å². The molecule has 1 aromatic heterocycles. The predicted molar refractivity (Wildman–Crippen MR) is 82.3 cm³/mol. The van der Waals surface area contributed by atoms with E-state index in [1.165, 1.54) is 13.2 Å². The largest absolute Gasteiger partial charge is 0.459 e. The van der Waals surface area contributed by atoms with Crippen LogP contribution in [0.2, 0.25) is 0 Å². The van der Waals surface area contributed by atoms with Crippen LogP contribution in [0.5, 0.6) is 0 Å². The Labute approximate surface area is 133 Å². The van der Waals surface area contributed by atoms with E-state index in [0.717, 1.165) is 5.56 Å². The van der Waals surface area contributed by atoms with Crippen molar-refractivity contribution in [1.82, 2.24) is 10.3 Å². The summed E-state index contributed by atoms with van der Waals surface area (Å²) in [7, 11) is 0. The molecule has 7 nitrogen and oxygen atoms in total. The van der Waals surface area contributed by atoms with Crippen LogP contribution in [0.1, 0.15) is 41.8 Å². The van der Waals surface area contributed by atoms with Gasteiger partial charge in [-0.3, -0.25) is 4.79 Å². The summed E-state index contributed by atoms with van der Waals surface area (Å²) >= 11 is 0. The molecule has 2 atom stereocenters. The summed E-state index contributed by atoms with van der Waals surface area (Å²) in [4.78, 5) is 27.8. The molecule has 122 valence electrons. The zero-order valence-corrected chi connectivity index (χ0v) is 13.0. The molecule has 7 heteroatoms. The van der Waals surface area contributed by atoms with Crippen LogP contribution in [0.4, 0.5) is 0 Å². The van der Waals surface area contributed by atoms with E-state index in [0.29, 0.717) is 0 Å². The molecule has 0 spiro atoms. The van der Waals surface area contributed by atoms with E-state index >= 15 is 0 Å². The molecular formula is C16H19N3O4. The van der Waals surface area contributed by atoms with Gasteiger partial charge in [-0.25, -0.2) is 9.78 Å². The van der Waals surface area contributed by atoms with Crippen molar-refractivity contribution in [2.75, 3.05) is 0 Å². The molecule has 2 unspecified atom stereocenters. The van der Waals surface area contributed by atoms with Crippen LogP contribution in [0.25, 0.3) is 0 Å². The van der Waals surface area contributed by atoms with E-state index in [9.17, 15) is 9.59 Å². The predicted octanol–water partition coefficient (Wildman–Crippen LogP) is 1.56. The number of aromatic nitrogens is 1. The number of hydrogen-bond donors (Lipinski definition) is 2. The van der Waals surface area contributed by atoms with Crippen LogP contribution in [-0.2, 0) is 16.1 Å². The van der Waals surface area contributed by atoms with E-state index in [2.05, 4.69) is 10.3 Å². The number of ether oxygens (including phenoxy) is 1. The summed E-state index contributed by atoms with van der Waals surface area (Å²) < 4.78 is 10.2. The molecule has 0 fully saturated rings. The summed E-state index contributed by atoms with van der Waals surface area (Å²) in [6.07, 6.45) is 1.20. The second-order valence-corrected chi connectivity index (χ2v) is 5.15. The van der Waals surface area contributed by atoms with Gasteiger partial charge < -0.3 is 20.2 Å². The molecule has 0 bridgehead atoms. The first-order chi connectivity index (χ1) is 11.0. The monoisotopic (exact) mass is 317 g/mol. The van der Waals surface area contributed by atoms with Crippen molar-refractivity contribution in [2.45, 2.75) is 32.5 Å². The first-order valence-electron chi connectivity index (χ1n) is 7.20. The number of carbonyl (C=O) groups is 2. The normalized spacial score (nSPS) is 13.2. The van der Waals surface area contributed by atoms with Crippen molar-refractivity contribution in [3.8, 4) is 0 Å². The lowest BCUT2D eigenvalue weighted by atomic mass is 10.2. The zero-order valence-electron chi connectivity index (χ0n) is 13.0. The van der Waals surface area contributed by atoms with Crippen molar-refractivity contribution < 1.29 is 18.7 Å². The minimum atomic E-state index is -0.804. The highest BCUT2D eigenvalue weighted by Crippen LogP contribution is 2.09. The number of nitrogens with two attached hydrogens (primary N) is 1. The standard InChI is InChI=1S/C16H19N3O4/c1-10(17)15-19-13(9-22-15)14(20)18-11(2)16(21)23-8-12-6-4-3-5-7-12/h3-7,9-11H,8,17H2,1-2H3,(H,18,20). The lowest BCUT2D eigenvalue weighted by Crippen LogP contribution is -2.39. The zero-order chi connectivity index (χ0) is 16.8. The van der Waals surface area contributed by atoms with Gasteiger partial charge in [0.1, 0.15) is 18.9 Å². The van der Waals surface area contributed by atoms with Gasteiger partial charge in [0.05, 0.1) is 6.04 Å². The van der Waals surface area contributed by atoms with Gasteiger partial charge in [0.25, 0.3) is 5.91 Å². The minimum Gasteiger partial charge on any atom is -0.459 e. The van der Waals surface area contributed by atoms with E-state index in [1.807, 2.05) is 30.3 Å². The second-order valence-electron chi connectivity index (χ2n) is 5.15. The number of hydrogen-bond acceptors (Lipinski definition) is 6. The number of nitrogens with zero attached hydrogens (tertiary/aromatic N) is 1. The SMILES string of the molecule is CC(NC(=O)c1coc(C(C)N)n1)C(=O)OCc1ccccc1. The summed E-state index contributed by atoms with van der Waals surface area (Å²) in [6.45, 7) is 3.38. The molecular weight excluding hydrogens is 298 g/mol. The van der Waals surface area contributed by atoms with Crippen molar-refractivity contribution in [3.05, 3.63) is 53.7 Å². The minimum absolute atomic E-state index is 0.0695. The Morgan fingerprint density at radius 2 is 2.00 bits per heavy atom. The smallest absolute Gasteiger partial charge is 0.328 e. The molecule has 0 aliphatic carbocycles. The Balaban J connectivity index is 1.86. The molecule has 1 aromatic carbocycles. The molecule has 2 aromatic rings. The van der Waals surface area contributed by atoms with E-state index < -0.39 is 24.0 Å². The molecule has 0 aliphatic rings. The van der Waals surface area contributed by atoms with E-state index in [1.54, 1.807) is 6.92 Å². The fraction of sp³-hybridized carbons (Fsp3) is 0.312. The molecule has 0 saturated carbocycles. The van der Waals surface area contributed by atoms with Gasteiger partial charge in [0, 0.05) is 0 Å². The maximum Gasteiger partial charge on any atom is 0.328 e. The highest BCUT2D eigenvalue weighted by Gasteiger charge is 2.21. The number of amides is 1. The van der Waals surface area contributed by atoms with Gasteiger partial charge in [-0.2, -0.15) is 0 Å². The number of nitrogens with one attached hydrogen (secondary N) is 1. The lowest BCUT2D eigenvalue weighted by Gasteiger charge is -2.12. The first-order valence-corrected chi connectivity index (χ1v) is 7.20. The summed E-state index contributed by atoms with van der Waals surface area (Å²) in [5, 5.41) is 2.51. The number of rotatable bonds is 6. The molecule has 3 N–H and O–H groups in total. The molecule has 0 radical (unpaired) electrons. The Bertz CT molecular complexity index is 667. The van der Waals surface area contributed by atoms with Gasteiger partial charge >= 0.3 is 5.97 Å². The van der Waals surface area contributed by atoms with Crippen molar-refractivity contribution in [1.29, 1.82) is 0 Å². The highest BCUT2D eigenvalue weighted by atomic mass is 16.5. The quantitative estimate of drug-likeness (QED) is 0.783. The average molecular weight is 317 g/mol. The summed E-state index contributed by atoms with van der Waals surface area (Å²) in [5.74, 6) is -0.794. The third-order valence-corrected chi connectivity index (χ3v) is 3.07. The Morgan fingerprint density at radius 1 is 1.30 bits per heavy atom. The lowest BCUT2D eigenvalue weighted by molar-refractivity contribution is -0.146. The van der Waals surface area contributed by atoms with Crippen LogP contribution in [0.15, 0.2) is 41.0 Å². The van der Waals surface area contributed by atoms with Crippen LogP contribution in [0.3, 0.4) is 0 Å². The molecule has 1 heterocycles. The third kappa shape index (κ3) is 4.65. The van der Waals surface area contributed by atoms with Gasteiger partial charge in [0.15, 0.2) is 5.69 Å². The van der Waals surface area contributed by atoms with Crippen LogP contribution in [0, 0.1) is 0 Å². The molecule has 0 saturated heterocycles. The summed E-state index contributed by atoms with van der Waals surface area (Å²) in [5.41, 5.74) is 6.55. The molecule has 23 heavy (non-hydrogen) atoms. The third-order valence-electron chi connectivity index (χ3n) is 3.07. The maximum absolute atomic E-state index is 12.0. The second kappa shape index (κ2) is 7.55. The van der Waals surface area contributed by atoms with Gasteiger partial charge in [-0.1, -0.05) is 30.3 Å². The van der Waals surface area contributed by atoms with E-state index in [-0.39, 0.29) is 18.2 Å². The number of oxazole rings is 1. The number of esters is 1. The van der Waals surface area contributed by atoms with Crippen molar-refractivity contribution in [2.24, 2.45) is 5.73 Å². The molecule has 1 amide bonds. The molecule has 0 aliphatic heterocycles. The highest BCUT2D eigenvalue weighted by molar-refractivity contribution is 5.94. The summed E-state index contributed by atoms with van der Waals surface area (Å²) in [6, 6.07) is 8.07. The van der Waals surface area contributed by atoms with Gasteiger partial charge in [-0.15, -0.1) is 0 Å². The number of carbonyl (C=O) groups excluding carboxylic acids is 2. The average Bonchev–Trinajstić information content (AvgIpc) is 3.04. The Kier molecular flexibility index (Phi) is 5.48.